The molecule has 2 N–H and O–H groups in total. The highest BCUT2D eigenvalue weighted by Gasteiger charge is 2.15. The van der Waals surface area contributed by atoms with Crippen LogP contribution < -0.4 is 10.9 Å². The summed E-state index contributed by atoms with van der Waals surface area (Å²) in [5.74, 6) is -0.493. The number of benzene rings is 2. The minimum absolute atomic E-state index is 0.0244. The SMILES string of the molecule is Cc1cc2ncc3oc(=O)n(Cc4ccc(S(N)(=O)=O)cc4)c3c2cc1C. The predicted molar refractivity (Wildman–Crippen MR) is 102 cm³/mol. The van der Waals surface area contributed by atoms with E-state index >= 15 is 0 Å². The third kappa shape index (κ3) is 3.02. The van der Waals surface area contributed by atoms with E-state index in [0.717, 1.165) is 27.6 Å². The van der Waals surface area contributed by atoms with E-state index in [4.69, 9.17) is 9.56 Å². The molecule has 0 bridgehead atoms. The number of nitrogens with two attached hydrogens (primary N) is 1. The van der Waals surface area contributed by atoms with Crippen LogP contribution in [-0.4, -0.2) is 18.0 Å². The van der Waals surface area contributed by atoms with Gasteiger partial charge in [-0.2, -0.15) is 0 Å². The zero-order valence-corrected chi connectivity index (χ0v) is 15.6. The number of oxazole rings is 1. The van der Waals surface area contributed by atoms with Crippen LogP contribution in [0.1, 0.15) is 16.7 Å². The van der Waals surface area contributed by atoms with Crippen LogP contribution in [0, 0.1) is 13.8 Å². The Kier molecular flexibility index (Phi) is 3.90. The van der Waals surface area contributed by atoms with Gasteiger partial charge in [0.05, 0.1) is 23.2 Å². The van der Waals surface area contributed by atoms with Crippen molar-refractivity contribution in [2.24, 2.45) is 5.14 Å². The van der Waals surface area contributed by atoms with Crippen molar-refractivity contribution < 1.29 is 12.8 Å². The second-order valence-corrected chi connectivity index (χ2v) is 8.13. The maximum absolute atomic E-state index is 12.4. The summed E-state index contributed by atoms with van der Waals surface area (Å²) in [6.45, 7) is 4.25. The standard InChI is InChI=1S/C19H17N3O4S/c1-11-7-15-16(8-12(11)2)21-9-17-18(15)22(19(23)26-17)10-13-3-5-14(6-4-13)27(20,24)25/h3-9H,10H2,1-2H3,(H2,20,24,25). The van der Waals surface area contributed by atoms with Crippen LogP contribution in [0.5, 0.6) is 0 Å². The molecule has 0 radical (unpaired) electrons. The van der Waals surface area contributed by atoms with E-state index in [-0.39, 0.29) is 11.4 Å². The normalized spacial score (nSPS) is 12.1. The molecule has 0 aliphatic heterocycles. The number of sulfonamides is 1. The molecule has 0 amide bonds. The van der Waals surface area contributed by atoms with Crippen molar-refractivity contribution >= 4 is 32.0 Å². The van der Waals surface area contributed by atoms with Crippen molar-refractivity contribution in [1.82, 2.24) is 9.55 Å². The fourth-order valence-electron chi connectivity index (χ4n) is 3.12. The Morgan fingerprint density at radius 2 is 1.78 bits per heavy atom. The van der Waals surface area contributed by atoms with Gasteiger partial charge in [-0.1, -0.05) is 12.1 Å². The number of hydrogen-bond donors (Lipinski definition) is 1. The highest BCUT2D eigenvalue weighted by atomic mass is 32.2. The van der Waals surface area contributed by atoms with Gasteiger partial charge in [0.2, 0.25) is 10.0 Å². The summed E-state index contributed by atoms with van der Waals surface area (Å²) in [6.07, 6.45) is 1.55. The Labute approximate surface area is 155 Å². The van der Waals surface area contributed by atoms with Crippen molar-refractivity contribution in [3.63, 3.8) is 0 Å². The maximum atomic E-state index is 12.4. The van der Waals surface area contributed by atoms with Crippen molar-refractivity contribution in [2.75, 3.05) is 0 Å². The summed E-state index contributed by atoms with van der Waals surface area (Å²) >= 11 is 0. The molecule has 7 nitrogen and oxygen atoms in total. The van der Waals surface area contributed by atoms with E-state index in [0.29, 0.717) is 11.1 Å². The summed E-state index contributed by atoms with van der Waals surface area (Å²) in [7, 11) is -3.76. The molecule has 2 heterocycles. The van der Waals surface area contributed by atoms with Crippen molar-refractivity contribution in [1.29, 1.82) is 0 Å². The third-order valence-corrected chi connectivity index (χ3v) is 5.63. The largest absolute Gasteiger partial charge is 0.420 e. The average molecular weight is 383 g/mol. The van der Waals surface area contributed by atoms with Gasteiger partial charge >= 0.3 is 5.76 Å². The Balaban J connectivity index is 1.88. The molecule has 2 aromatic heterocycles. The van der Waals surface area contributed by atoms with Crippen LogP contribution in [0.15, 0.2) is 56.7 Å². The van der Waals surface area contributed by atoms with E-state index in [1.54, 1.807) is 18.3 Å². The Bertz CT molecular complexity index is 1350. The number of aromatic nitrogens is 2. The van der Waals surface area contributed by atoms with Crippen LogP contribution in [0.3, 0.4) is 0 Å². The monoisotopic (exact) mass is 383 g/mol. The molecule has 0 saturated carbocycles. The van der Waals surface area contributed by atoms with Gasteiger partial charge in [0, 0.05) is 5.39 Å². The van der Waals surface area contributed by atoms with Crippen LogP contribution in [0.4, 0.5) is 0 Å². The van der Waals surface area contributed by atoms with E-state index < -0.39 is 15.8 Å². The summed E-state index contributed by atoms with van der Waals surface area (Å²) in [5.41, 5.74) is 4.83. The lowest BCUT2D eigenvalue weighted by Gasteiger charge is -2.08. The van der Waals surface area contributed by atoms with E-state index in [9.17, 15) is 13.2 Å². The van der Waals surface area contributed by atoms with Crippen LogP contribution in [0.2, 0.25) is 0 Å². The molecular formula is C19H17N3O4S. The molecule has 0 aliphatic carbocycles. The van der Waals surface area contributed by atoms with E-state index in [1.165, 1.54) is 16.7 Å². The molecule has 8 heteroatoms. The first-order valence-electron chi connectivity index (χ1n) is 8.25. The smallest absolute Gasteiger partial charge is 0.406 e. The molecule has 0 unspecified atom stereocenters. The Morgan fingerprint density at radius 3 is 2.44 bits per heavy atom. The first-order valence-corrected chi connectivity index (χ1v) is 9.80. The second kappa shape index (κ2) is 6.04. The van der Waals surface area contributed by atoms with Gasteiger partial charge < -0.3 is 4.42 Å². The van der Waals surface area contributed by atoms with E-state index in [1.807, 2.05) is 26.0 Å². The number of hydrogen-bond acceptors (Lipinski definition) is 5. The molecule has 0 aliphatic rings. The van der Waals surface area contributed by atoms with Crippen molar-refractivity contribution in [2.45, 2.75) is 25.3 Å². The average Bonchev–Trinajstić information content (AvgIpc) is 2.92. The molecule has 0 atom stereocenters. The molecule has 2 aromatic carbocycles. The van der Waals surface area contributed by atoms with Gasteiger partial charge in [-0.15, -0.1) is 0 Å². The lowest BCUT2D eigenvalue weighted by molar-refractivity contribution is 0.517. The zero-order chi connectivity index (χ0) is 19.3. The fraction of sp³-hybridized carbons (Fsp3) is 0.158. The number of pyridine rings is 1. The molecule has 4 aromatic rings. The number of aryl methyl sites for hydroxylation is 2. The van der Waals surface area contributed by atoms with Crippen molar-refractivity contribution in [3.8, 4) is 0 Å². The summed E-state index contributed by atoms with van der Waals surface area (Å²) in [6, 6.07) is 10.1. The second-order valence-electron chi connectivity index (χ2n) is 6.57. The highest BCUT2D eigenvalue weighted by Crippen LogP contribution is 2.26. The van der Waals surface area contributed by atoms with E-state index in [2.05, 4.69) is 4.98 Å². The maximum Gasteiger partial charge on any atom is 0.420 e. The molecule has 0 spiro atoms. The Morgan fingerprint density at radius 1 is 1.11 bits per heavy atom. The first kappa shape index (κ1) is 17.4. The molecule has 4 rings (SSSR count). The Hall–Kier alpha value is -2.97. The quantitative estimate of drug-likeness (QED) is 0.585. The van der Waals surface area contributed by atoms with Gasteiger partial charge in [0.25, 0.3) is 0 Å². The van der Waals surface area contributed by atoms with Crippen LogP contribution in [-0.2, 0) is 16.6 Å². The predicted octanol–water partition coefficient (Wildman–Crippen LogP) is 2.46. The number of fused-ring (bicyclic) bond motifs is 3. The van der Waals surface area contributed by atoms with Gasteiger partial charge in [-0.25, -0.2) is 18.4 Å². The van der Waals surface area contributed by atoms with Crippen LogP contribution >= 0.6 is 0 Å². The van der Waals surface area contributed by atoms with Gasteiger partial charge in [0.1, 0.15) is 5.52 Å². The zero-order valence-electron chi connectivity index (χ0n) is 14.8. The fourth-order valence-corrected chi connectivity index (χ4v) is 3.64. The third-order valence-electron chi connectivity index (χ3n) is 4.70. The van der Waals surface area contributed by atoms with Gasteiger partial charge in [-0.05, 0) is 54.8 Å². The first-order chi connectivity index (χ1) is 12.7. The molecular weight excluding hydrogens is 366 g/mol. The molecule has 0 fully saturated rings. The number of primary sulfonamides is 1. The molecule has 27 heavy (non-hydrogen) atoms. The molecule has 138 valence electrons. The topological polar surface area (TPSA) is 108 Å². The summed E-state index contributed by atoms with van der Waals surface area (Å²) in [5, 5.41) is 5.96. The molecule has 0 saturated heterocycles. The highest BCUT2D eigenvalue weighted by molar-refractivity contribution is 7.89. The van der Waals surface area contributed by atoms with Gasteiger partial charge in [0.15, 0.2) is 5.58 Å². The number of nitrogens with zero attached hydrogens (tertiary/aromatic N) is 2. The van der Waals surface area contributed by atoms with Gasteiger partial charge in [-0.3, -0.25) is 9.55 Å². The summed E-state index contributed by atoms with van der Waals surface area (Å²) < 4.78 is 29.7. The lowest BCUT2D eigenvalue weighted by Crippen LogP contribution is -2.15. The van der Waals surface area contributed by atoms with Crippen molar-refractivity contribution in [3.05, 3.63) is 69.8 Å². The number of rotatable bonds is 3. The minimum Gasteiger partial charge on any atom is -0.406 e. The minimum atomic E-state index is -3.76. The summed E-state index contributed by atoms with van der Waals surface area (Å²) in [4.78, 5) is 16.8. The van der Waals surface area contributed by atoms with Crippen LogP contribution in [0.25, 0.3) is 22.0 Å². The lowest BCUT2D eigenvalue weighted by atomic mass is 10.1.